The van der Waals surface area contributed by atoms with Crippen LogP contribution in [0.2, 0.25) is 0 Å². The number of hydrogen-bond acceptors (Lipinski definition) is 11. The van der Waals surface area contributed by atoms with Crippen LogP contribution in [0, 0.1) is 36.1 Å². The fraction of sp³-hybridized carbons (Fsp3) is 0.333. The Balaban J connectivity index is 1.22. The standard InChI is InChI=1S/C33H30F4N6O4S2/c1-15-26(32-42-28-25(48-32)8-9-38-27(28)16-2-3-16)31(43-33(40-15)39-13-21-22(36)11-19(35)12-23(21)37)41-24-10-17(29(44)30(24)45)14-49(46,47)20-6-4-18(34)5-7-20/h4-9,11-12,16-17,24,29-30,44-45H,2-3,10,13-14H2,1H3,(H2,39,40,41,43)/t17-,24?,29-,30+/m1/s1. The van der Waals surface area contributed by atoms with E-state index in [0.29, 0.717) is 34.3 Å². The fourth-order valence-electron chi connectivity index (χ4n) is 6.19. The lowest BCUT2D eigenvalue weighted by molar-refractivity contribution is 0.0216. The molecule has 0 amide bonds. The number of aryl methyl sites for hydroxylation is 1. The van der Waals surface area contributed by atoms with Crippen LogP contribution >= 0.6 is 11.3 Å². The number of hydrogen-bond donors (Lipinski definition) is 4. The predicted octanol–water partition coefficient (Wildman–Crippen LogP) is 5.50. The minimum absolute atomic E-state index is 0.0234. The second-order valence-corrected chi connectivity index (χ2v) is 15.4. The third-order valence-corrected chi connectivity index (χ3v) is 11.8. The van der Waals surface area contributed by atoms with Crippen LogP contribution in [0.15, 0.2) is 53.6 Å². The number of pyridine rings is 1. The van der Waals surface area contributed by atoms with Gasteiger partial charge < -0.3 is 20.8 Å². The highest BCUT2D eigenvalue weighted by Crippen LogP contribution is 2.44. The molecule has 4 atom stereocenters. The van der Waals surface area contributed by atoms with E-state index < -0.39 is 75.1 Å². The molecule has 2 aliphatic rings. The number of fused-ring (bicyclic) bond motifs is 1. The topological polar surface area (TPSA) is 150 Å². The number of benzene rings is 2. The quantitative estimate of drug-likeness (QED) is 0.108. The van der Waals surface area contributed by atoms with E-state index in [-0.39, 0.29) is 23.1 Å². The number of halogens is 4. The lowest BCUT2D eigenvalue weighted by Gasteiger charge is -2.21. The number of nitrogens with zero attached hydrogens (tertiary/aromatic N) is 4. The normalized spacial score (nSPS) is 21.0. The molecule has 0 spiro atoms. The summed E-state index contributed by atoms with van der Waals surface area (Å²) in [6.45, 7) is 1.28. The number of rotatable bonds is 10. The van der Waals surface area contributed by atoms with Gasteiger partial charge in [0, 0.05) is 42.3 Å². The van der Waals surface area contributed by atoms with Gasteiger partial charge in [-0.3, -0.25) is 4.98 Å². The fourth-order valence-corrected chi connectivity index (χ4v) is 8.89. The highest BCUT2D eigenvalue weighted by Gasteiger charge is 2.44. The summed E-state index contributed by atoms with van der Waals surface area (Å²) in [5.41, 5.74) is 2.11. The van der Waals surface area contributed by atoms with Gasteiger partial charge in [-0.2, -0.15) is 4.98 Å². The maximum atomic E-state index is 14.4. The molecular formula is C33H30F4N6O4S2. The SMILES string of the molecule is Cc1nc(NCc2c(F)cc(F)cc2F)nc(NC2C[C@H](CS(=O)(=O)c3ccc(F)cc3)[C@@H](O)[C@H]2O)c1-c1nc2c(C3CC3)nccc2s1. The summed E-state index contributed by atoms with van der Waals surface area (Å²) in [5, 5.41) is 28.5. The first-order chi connectivity index (χ1) is 23.4. The molecule has 2 saturated carbocycles. The Morgan fingerprint density at radius 1 is 0.939 bits per heavy atom. The second-order valence-electron chi connectivity index (χ2n) is 12.4. The van der Waals surface area contributed by atoms with Crippen LogP contribution in [0.5, 0.6) is 0 Å². The molecule has 4 N–H and O–H groups in total. The summed E-state index contributed by atoms with van der Waals surface area (Å²) < 4.78 is 82.8. The van der Waals surface area contributed by atoms with Gasteiger partial charge in [0.05, 0.1) is 44.4 Å². The maximum Gasteiger partial charge on any atom is 0.225 e. The summed E-state index contributed by atoms with van der Waals surface area (Å²) in [5.74, 6) is -4.75. The van der Waals surface area contributed by atoms with E-state index in [1.165, 1.54) is 11.3 Å². The van der Waals surface area contributed by atoms with Crippen LogP contribution in [0.1, 0.15) is 42.1 Å². The van der Waals surface area contributed by atoms with Crippen LogP contribution < -0.4 is 10.6 Å². The first kappa shape index (κ1) is 33.3. The average Bonchev–Trinajstić information content (AvgIpc) is 3.75. The molecule has 7 rings (SSSR count). The van der Waals surface area contributed by atoms with Crippen molar-refractivity contribution in [3.05, 3.63) is 88.9 Å². The van der Waals surface area contributed by atoms with Gasteiger partial charge in [0.1, 0.15) is 45.7 Å². The van der Waals surface area contributed by atoms with Crippen molar-refractivity contribution in [2.75, 3.05) is 16.4 Å². The minimum Gasteiger partial charge on any atom is -0.390 e. The molecular weight excluding hydrogens is 685 g/mol. The second kappa shape index (κ2) is 12.9. The Labute approximate surface area is 282 Å². The number of aromatic nitrogens is 4. The number of sulfone groups is 1. The lowest BCUT2D eigenvalue weighted by atomic mass is 10.1. The van der Waals surface area contributed by atoms with Crippen molar-refractivity contribution >= 4 is 43.2 Å². The summed E-state index contributed by atoms with van der Waals surface area (Å²) in [6, 6.07) is 6.48. The Hall–Kier alpha value is -4.25. The zero-order chi connectivity index (χ0) is 34.6. The molecule has 0 saturated heterocycles. The Morgan fingerprint density at radius 3 is 2.35 bits per heavy atom. The first-order valence-electron chi connectivity index (χ1n) is 15.5. The molecule has 5 aromatic rings. The van der Waals surface area contributed by atoms with Crippen molar-refractivity contribution in [2.24, 2.45) is 5.92 Å². The molecule has 3 aromatic heterocycles. The molecule has 49 heavy (non-hydrogen) atoms. The van der Waals surface area contributed by atoms with Crippen molar-refractivity contribution in [1.82, 2.24) is 19.9 Å². The van der Waals surface area contributed by atoms with Crippen molar-refractivity contribution in [2.45, 2.75) is 61.8 Å². The minimum atomic E-state index is -3.94. The molecule has 2 aromatic carbocycles. The van der Waals surface area contributed by atoms with Crippen LogP contribution in [0.25, 0.3) is 20.8 Å². The van der Waals surface area contributed by atoms with Gasteiger partial charge in [0.2, 0.25) is 5.95 Å². The molecule has 2 fully saturated rings. The number of nitrogens with one attached hydrogen (secondary N) is 2. The zero-order valence-electron chi connectivity index (χ0n) is 25.9. The van der Waals surface area contributed by atoms with E-state index in [1.807, 2.05) is 6.07 Å². The van der Waals surface area contributed by atoms with Gasteiger partial charge in [0.15, 0.2) is 9.84 Å². The molecule has 0 aliphatic heterocycles. The number of aliphatic hydroxyl groups excluding tert-OH is 2. The molecule has 256 valence electrons. The van der Waals surface area contributed by atoms with Gasteiger partial charge in [-0.15, -0.1) is 11.3 Å². The van der Waals surface area contributed by atoms with Crippen molar-refractivity contribution in [3.63, 3.8) is 0 Å². The lowest BCUT2D eigenvalue weighted by Crippen LogP contribution is -2.36. The van der Waals surface area contributed by atoms with Gasteiger partial charge in [-0.05, 0) is 56.5 Å². The van der Waals surface area contributed by atoms with E-state index in [2.05, 4.69) is 25.6 Å². The number of thiazole rings is 1. The summed E-state index contributed by atoms with van der Waals surface area (Å²) in [6.07, 6.45) is 0.965. The molecule has 10 nitrogen and oxygen atoms in total. The largest absolute Gasteiger partial charge is 0.390 e. The molecule has 2 aliphatic carbocycles. The van der Waals surface area contributed by atoms with Crippen LogP contribution in [-0.4, -0.2) is 62.6 Å². The van der Waals surface area contributed by atoms with Crippen LogP contribution in [0.4, 0.5) is 29.3 Å². The monoisotopic (exact) mass is 714 g/mol. The van der Waals surface area contributed by atoms with E-state index in [0.717, 1.165) is 53.0 Å². The van der Waals surface area contributed by atoms with Crippen molar-refractivity contribution in [1.29, 1.82) is 0 Å². The summed E-state index contributed by atoms with van der Waals surface area (Å²) in [4.78, 5) is 18.4. The Morgan fingerprint density at radius 2 is 1.65 bits per heavy atom. The van der Waals surface area contributed by atoms with E-state index in [1.54, 1.807) is 13.1 Å². The highest BCUT2D eigenvalue weighted by atomic mass is 32.2. The Bertz CT molecular complexity index is 2140. The number of anilines is 2. The van der Waals surface area contributed by atoms with Gasteiger partial charge in [-0.25, -0.2) is 35.9 Å². The van der Waals surface area contributed by atoms with Gasteiger partial charge in [-0.1, -0.05) is 0 Å². The summed E-state index contributed by atoms with van der Waals surface area (Å²) in [7, 11) is -3.94. The third-order valence-electron chi connectivity index (χ3n) is 8.86. The van der Waals surface area contributed by atoms with Crippen LogP contribution in [0.3, 0.4) is 0 Å². The first-order valence-corrected chi connectivity index (χ1v) is 18.0. The van der Waals surface area contributed by atoms with Crippen LogP contribution in [-0.2, 0) is 16.4 Å². The number of aliphatic hydroxyl groups is 2. The van der Waals surface area contributed by atoms with E-state index >= 15 is 0 Å². The molecule has 3 heterocycles. The molecule has 0 radical (unpaired) electrons. The van der Waals surface area contributed by atoms with E-state index in [4.69, 9.17) is 4.98 Å². The molecule has 1 unspecified atom stereocenters. The molecule has 0 bridgehead atoms. The van der Waals surface area contributed by atoms with E-state index in [9.17, 15) is 36.2 Å². The third kappa shape index (κ3) is 6.69. The smallest absolute Gasteiger partial charge is 0.225 e. The van der Waals surface area contributed by atoms with Gasteiger partial charge in [0.25, 0.3) is 0 Å². The predicted molar refractivity (Wildman–Crippen MR) is 175 cm³/mol. The van der Waals surface area contributed by atoms with Crippen molar-refractivity contribution in [3.8, 4) is 10.6 Å². The Kier molecular flexibility index (Phi) is 8.75. The van der Waals surface area contributed by atoms with Crippen molar-refractivity contribution < 1.29 is 36.2 Å². The van der Waals surface area contributed by atoms with Gasteiger partial charge >= 0.3 is 0 Å². The summed E-state index contributed by atoms with van der Waals surface area (Å²) >= 11 is 1.38. The zero-order valence-corrected chi connectivity index (χ0v) is 27.5. The highest BCUT2D eigenvalue weighted by molar-refractivity contribution is 7.91. The molecule has 16 heteroatoms. The maximum absolute atomic E-state index is 14.4. The average molecular weight is 715 g/mol.